The van der Waals surface area contributed by atoms with Crippen molar-refractivity contribution in [1.82, 2.24) is 4.98 Å². The number of aromatic carboxylic acids is 1. The van der Waals surface area contributed by atoms with Crippen LogP contribution in [0.5, 0.6) is 11.5 Å². The lowest BCUT2D eigenvalue weighted by atomic mass is 9.95. The Morgan fingerprint density at radius 3 is 2.33 bits per heavy atom. The zero-order valence-electron chi connectivity index (χ0n) is 14.5. The van der Waals surface area contributed by atoms with Gasteiger partial charge in [-0.3, -0.25) is 9.98 Å². The Bertz CT molecular complexity index is 1100. The lowest BCUT2D eigenvalue weighted by Crippen LogP contribution is -2.11. The summed E-state index contributed by atoms with van der Waals surface area (Å²) in [7, 11) is 0. The fourth-order valence-electron chi connectivity index (χ4n) is 3.16. The summed E-state index contributed by atoms with van der Waals surface area (Å²) in [6, 6.07) is 13.5. The Balaban J connectivity index is 1.86. The molecule has 3 N–H and O–H groups in total. The van der Waals surface area contributed by atoms with E-state index in [0.29, 0.717) is 28.2 Å². The van der Waals surface area contributed by atoms with Gasteiger partial charge in [-0.1, -0.05) is 29.8 Å². The molecule has 0 radical (unpaired) electrons. The van der Waals surface area contributed by atoms with Crippen LogP contribution in [0.2, 0.25) is 0 Å². The number of aromatic hydroxyl groups is 2. The maximum Gasteiger partial charge on any atom is 0.336 e. The van der Waals surface area contributed by atoms with Crippen LogP contribution >= 0.6 is 0 Å². The van der Waals surface area contributed by atoms with Gasteiger partial charge in [0.15, 0.2) is 11.5 Å². The van der Waals surface area contributed by atoms with Crippen LogP contribution in [-0.4, -0.2) is 32.0 Å². The molecule has 0 saturated heterocycles. The number of carboxylic acids is 1. The summed E-state index contributed by atoms with van der Waals surface area (Å²) in [5.41, 5.74) is 4.71. The molecule has 1 aliphatic heterocycles. The number of rotatable bonds is 3. The van der Waals surface area contributed by atoms with E-state index < -0.39 is 5.97 Å². The summed E-state index contributed by atoms with van der Waals surface area (Å²) in [6.07, 6.45) is 0. The van der Waals surface area contributed by atoms with Crippen molar-refractivity contribution in [2.75, 3.05) is 0 Å². The van der Waals surface area contributed by atoms with Crippen molar-refractivity contribution in [2.45, 2.75) is 13.5 Å². The quantitative estimate of drug-likeness (QED) is 0.620. The molecule has 27 heavy (non-hydrogen) atoms. The minimum Gasteiger partial charge on any atom is -0.504 e. The van der Waals surface area contributed by atoms with E-state index in [1.807, 2.05) is 31.2 Å². The highest BCUT2D eigenvalue weighted by Gasteiger charge is 2.27. The number of hydrogen-bond acceptors (Lipinski definition) is 5. The Hall–Kier alpha value is -3.67. The summed E-state index contributed by atoms with van der Waals surface area (Å²) < 4.78 is 0. The maximum atomic E-state index is 11.9. The number of carboxylic acid groups (broad SMARTS) is 1. The highest BCUT2D eigenvalue weighted by atomic mass is 16.4. The summed E-state index contributed by atoms with van der Waals surface area (Å²) in [5, 5.41) is 29.0. The molecule has 0 bridgehead atoms. The van der Waals surface area contributed by atoms with Crippen LogP contribution < -0.4 is 0 Å². The standard InChI is InChI=1S/C21H16N2O4/c1-11-2-4-12(5-3-11)20-19-14(21(26)27)9-15(23-16(19)10-22-20)13-6-7-17(24)18(25)8-13/h2-9,24-25H,10H2,1H3,(H,26,27). The Kier molecular flexibility index (Phi) is 3.88. The van der Waals surface area contributed by atoms with Crippen LogP contribution in [0.1, 0.15) is 32.7 Å². The number of pyridine rings is 1. The van der Waals surface area contributed by atoms with E-state index in [9.17, 15) is 20.1 Å². The van der Waals surface area contributed by atoms with Crippen molar-refractivity contribution in [1.29, 1.82) is 0 Å². The Morgan fingerprint density at radius 1 is 0.963 bits per heavy atom. The zero-order valence-corrected chi connectivity index (χ0v) is 14.5. The summed E-state index contributed by atoms with van der Waals surface area (Å²) in [4.78, 5) is 21.0. The molecular weight excluding hydrogens is 344 g/mol. The number of phenols is 2. The summed E-state index contributed by atoms with van der Waals surface area (Å²) >= 11 is 0. The molecule has 0 fully saturated rings. The van der Waals surface area contributed by atoms with Crippen LogP contribution in [0.4, 0.5) is 0 Å². The molecule has 2 heterocycles. The molecule has 0 saturated carbocycles. The predicted octanol–water partition coefficient (Wildman–Crippen LogP) is 3.52. The molecule has 6 nitrogen and oxygen atoms in total. The largest absolute Gasteiger partial charge is 0.504 e. The topological polar surface area (TPSA) is 103 Å². The van der Waals surface area contributed by atoms with E-state index in [0.717, 1.165) is 11.1 Å². The number of hydrogen-bond donors (Lipinski definition) is 3. The van der Waals surface area contributed by atoms with Gasteiger partial charge in [0.25, 0.3) is 0 Å². The molecule has 1 aromatic heterocycles. The first kappa shape index (κ1) is 16.8. The number of aromatic nitrogens is 1. The van der Waals surface area contributed by atoms with E-state index in [4.69, 9.17) is 0 Å². The third-order valence-corrected chi connectivity index (χ3v) is 4.54. The Morgan fingerprint density at radius 2 is 1.67 bits per heavy atom. The minimum absolute atomic E-state index is 0.111. The monoisotopic (exact) mass is 360 g/mol. The number of aryl methyl sites for hydroxylation is 1. The van der Waals surface area contributed by atoms with Crippen molar-refractivity contribution in [2.24, 2.45) is 4.99 Å². The third kappa shape index (κ3) is 2.91. The third-order valence-electron chi connectivity index (χ3n) is 4.54. The molecule has 0 spiro atoms. The zero-order chi connectivity index (χ0) is 19.1. The first-order valence-electron chi connectivity index (χ1n) is 8.35. The van der Waals surface area contributed by atoms with E-state index in [2.05, 4.69) is 9.98 Å². The average Bonchev–Trinajstić information content (AvgIpc) is 3.07. The van der Waals surface area contributed by atoms with Gasteiger partial charge in [0.2, 0.25) is 0 Å². The first-order chi connectivity index (χ1) is 12.9. The van der Waals surface area contributed by atoms with E-state index in [1.54, 1.807) is 6.07 Å². The molecule has 0 amide bonds. The van der Waals surface area contributed by atoms with Crippen molar-refractivity contribution in [3.05, 3.63) is 76.5 Å². The van der Waals surface area contributed by atoms with Gasteiger partial charge in [-0.2, -0.15) is 0 Å². The van der Waals surface area contributed by atoms with Crippen LogP contribution in [0.15, 0.2) is 53.5 Å². The molecule has 0 aliphatic carbocycles. The van der Waals surface area contributed by atoms with Crippen molar-refractivity contribution in [3.8, 4) is 22.8 Å². The van der Waals surface area contributed by atoms with Gasteiger partial charge < -0.3 is 15.3 Å². The second-order valence-electron chi connectivity index (χ2n) is 6.42. The normalized spacial score (nSPS) is 12.6. The molecule has 1 aliphatic rings. The molecule has 134 valence electrons. The highest BCUT2D eigenvalue weighted by molar-refractivity contribution is 6.19. The van der Waals surface area contributed by atoms with Crippen LogP contribution in [0.3, 0.4) is 0 Å². The van der Waals surface area contributed by atoms with Crippen molar-refractivity contribution < 1.29 is 20.1 Å². The average molecular weight is 360 g/mol. The molecule has 2 aromatic carbocycles. The van der Waals surface area contributed by atoms with Crippen molar-refractivity contribution >= 4 is 11.7 Å². The summed E-state index contributed by atoms with van der Waals surface area (Å²) in [6.45, 7) is 2.27. The number of carbonyl (C=O) groups is 1. The molecular formula is C21H16N2O4. The number of phenolic OH excluding ortho intramolecular Hbond substituents is 2. The van der Waals surface area contributed by atoms with Gasteiger partial charge >= 0.3 is 5.97 Å². The summed E-state index contributed by atoms with van der Waals surface area (Å²) in [5.74, 6) is -1.61. The van der Waals surface area contributed by atoms with Gasteiger partial charge in [0.1, 0.15) is 0 Å². The number of aliphatic imine (C=N–C) groups is 1. The van der Waals surface area contributed by atoms with Gasteiger partial charge in [-0.05, 0) is 31.2 Å². The van der Waals surface area contributed by atoms with Crippen LogP contribution in [0.25, 0.3) is 11.3 Å². The molecule has 3 aromatic rings. The molecule has 4 rings (SSSR count). The van der Waals surface area contributed by atoms with E-state index >= 15 is 0 Å². The Labute approximate surface area is 155 Å². The maximum absolute atomic E-state index is 11.9. The lowest BCUT2D eigenvalue weighted by molar-refractivity contribution is 0.0696. The van der Waals surface area contributed by atoms with Gasteiger partial charge in [-0.15, -0.1) is 0 Å². The van der Waals surface area contributed by atoms with Crippen molar-refractivity contribution in [3.63, 3.8) is 0 Å². The van der Waals surface area contributed by atoms with Crippen LogP contribution in [0, 0.1) is 6.92 Å². The fourth-order valence-corrected chi connectivity index (χ4v) is 3.16. The fraction of sp³-hybridized carbons (Fsp3) is 0.0952. The van der Waals surface area contributed by atoms with Gasteiger partial charge in [0.05, 0.1) is 29.2 Å². The number of nitrogens with zero attached hydrogens (tertiary/aromatic N) is 2. The molecule has 0 atom stereocenters. The number of benzene rings is 2. The minimum atomic E-state index is -1.07. The second kappa shape index (κ2) is 6.25. The lowest BCUT2D eigenvalue weighted by Gasteiger charge is -2.11. The molecule has 6 heteroatoms. The van der Waals surface area contributed by atoms with E-state index in [-0.39, 0.29) is 23.6 Å². The van der Waals surface area contributed by atoms with Gasteiger partial charge in [0, 0.05) is 16.7 Å². The SMILES string of the molecule is Cc1ccc(C2=NCc3nc(-c4ccc(O)c(O)c4)cc(C(=O)O)c32)cc1. The van der Waals surface area contributed by atoms with Gasteiger partial charge in [-0.25, -0.2) is 4.79 Å². The van der Waals surface area contributed by atoms with Crippen LogP contribution in [-0.2, 0) is 6.54 Å². The first-order valence-corrected chi connectivity index (χ1v) is 8.35. The highest BCUT2D eigenvalue weighted by Crippen LogP contribution is 2.33. The molecule has 0 unspecified atom stereocenters. The predicted molar refractivity (Wildman–Crippen MR) is 100 cm³/mol. The smallest absolute Gasteiger partial charge is 0.336 e. The number of fused-ring (bicyclic) bond motifs is 1. The second-order valence-corrected chi connectivity index (χ2v) is 6.42. The van der Waals surface area contributed by atoms with E-state index in [1.165, 1.54) is 18.2 Å².